The quantitative estimate of drug-likeness (QED) is 0.908. The number of hydrogen-bond donors (Lipinski definition) is 1. The van der Waals surface area contributed by atoms with Crippen molar-refractivity contribution < 1.29 is 4.74 Å². The van der Waals surface area contributed by atoms with Crippen LogP contribution in [0.1, 0.15) is 33.3 Å². The molecule has 3 heteroatoms. The Labute approximate surface area is 121 Å². The minimum Gasteiger partial charge on any atom is -0.496 e. The molecule has 2 rings (SSSR count). The summed E-state index contributed by atoms with van der Waals surface area (Å²) in [5, 5.41) is 0.734. The van der Waals surface area contributed by atoms with Gasteiger partial charge in [-0.15, -0.1) is 0 Å². The number of halogens is 1. The van der Waals surface area contributed by atoms with Crippen molar-refractivity contribution in [3.63, 3.8) is 0 Å². The fraction of sp³-hybridized carbons (Fsp3) is 0.625. The SMILES string of the molecule is COc1ccc(Cl)cc1CC(N)C1C(C)(C)C1(C)C. The lowest BCUT2D eigenvalue weighted by Crippen LogP contribution is -2.28. The molecule has 0 spiro atoms. The Hall–Kier alpha value is -0.730. The Kier molecular flexibility index (Phi) is 3.61. The van der Waals surface area contributed by atoms with Gasteiger partial charge in [-0.3, -0.25) is 0 Å². The second-order valence-electron chi connectivity index (χ2n) is 6.75. The van der Waals surface area contributed by atoms with Gasteiger partial charge < -0.3 is 10.5 Å². The molecule has 1 saturated carbocycles. The lowest BCUT2D eigenvalue weighted by Gasteiger charge is -2.16. The molecule has 1 unspecified atom stereocenters. The molecule has 0 saturated heterocycles. The lowest BCUT2D eigenvalue weighted by atomic mass is 9.97. The second-order valence-corrected chi connectivity index (χ2v) is 7.18. The van der Waals surface area contributed by atoms with Crippen molar-refractivity contribution in [1.82, 2.24) is 0 Å². The van der Waals surface area contributed by atoms with Gasteiger partial charge in [0.1, 0.15) is 5.75 Å². The number of nitrogens with two attached hydrogens (primary N) is 1. The molecular weight excluding hydrogens is 258 g/mol. The highest BCUT2D eigenvalue weighted by molar-refractivity contribution is 6.30. The highest BCUT2D eigenvalue weighted by Crippen LogP contribution is 2.69. The fourth-order valence-corrected chi connectivity index (χ4v) is 3.79. The van der Waals surface area contributed by atoms with Crippen LogP contribution in [0.2, 0.25) is 5.02 Å². The van der Waals surface area contributed by atoms with Crippen LogP contribution in [0.3, 0.4) is 0 Å². The summed E-state index contributed by atoms with van der Waals surface area (Å²) < 4.78 is 5.39. The smallest absolute Gasteiger partial charge is 0.122 e. The third kappa shape index (κ3) is 2.36. The van der Waals surface area contributed by atoms with Crippen molar-refractivity contribution in [3.8, 4) is 5.75 Å². The summed E-state index contributed by atoms with van der Waals surface area (Å²) in [6.45, 7) is 9.19. The predicted molar refractivity (Wildman–Crippen MR) is 80.7 cm³/mol. The first-order valence-electron chi connectivity index (χ1n) is 6.80. The van der Waals surface area contributed by atoms with Gasteiger partial charge in [0.2, 0.25) is 0 Å². The van der Waals surface area contributed by atoms with E-state index in [0.29, 0.717) is 16.7 Å². The van der Waals surface area contributed by atoms with Crippen LogP contribution in [-0.2, 0) is 6.42 Å². The highest BCUT2D eigenvalue weighted by Gasteiger charge is 2.66. The molecule has 1 aromatic rings. The zero-order chi connectivity index (χ0) is 14.4. The molecule has 2 N–H and O–H groups in total. The van der Waals surface area contributed by atoms with E-state index >= 15 is 0 Å². The van der Waals surface area contributed by atoms with Crippen LogP contribution in [0.5, 0.6) is 5.75 Å². The molecule has 0 radical (unpaired) electrons. The van der Waals surface area contributed by atoms with Gasteiger partial charge in [0.05, 0.1) is 7.11 Å². The number of methoxy groups -OCH3 is 1. The maximum atomic E-state index is 6.44. The Balaban J connectivity index is 2.17. The van der Waals surface area contributed by atoms with E-state index in [1.165, 1.54) is 0 Å². The van der Waals surface area contributed by atoms with E-state index in [0.717, 1.165) is 22.8 Å². The average molecular weight is 282 g/mol. The molecule has 0 amide bonds. The fourth-order valence-electron chi connectivity index (χ4n) is 3.60. The number of ether oxygens (including phenoxy) is 1. The van der Waals surface area contributed by atoms with Crippen molar-refractivity contribution in [3.05, 3.63) is 28.8 Å². The Morgan fingerprint density at radius 3 is 2.32 bits per heavy atom. The van der Waals surface area contributed by atoms with Gasteiger partial charge in [-0.2, -0.15) is 0 Å². The molecule has 0 heterocycles. The third-order valence-electron chi connectivity index (χ3n) is 5.26. The second kappa shape index (κ2) is 4.68. The van der Waals surface area contributed by atoms with Crippen LogP contribution in [0, 0.1) is 16.7 Å². The van der Waals surface area contributed by atoms with E-state index in [9.17, 15) is 0 Å². The maximum absolute atomic E-state index is 6.44. The molecule has 1 aromatic carbocycles. The zero-order valence-electron chi connectivity index (χ0n) is 12.5. The van der Waals surface area contributed by atoms with Gasteiger partial charge in [0.15, 0.2) is 0 Å². The molecule has 0 bridgehead atoms. The van der Waals surface area contributed by atoms with Crippen LogP contribution in [-0.4, -0.2) is 13.2 Å². The van der Waals surface area contributed by atoms with Crippen LogP contribution < -0.4 is 10.5 Å². The van der Waals surface area contributed by atoms with E-state index in [-0.39, 0.29) is 6.04 Å². The molecule has 2 nitrogen and oxygen atoms in total. The minimum atomic E-state index is 0.136. The van der Waals surface area contributed by atoms with Crippen molar-refractivity contribution in [2.75, 3.05) is 7.11 Å². The van der Waals surface area contributed by atoms with E-state index < -0.39 is 0 Å². The molecule has 1 aliphatic carbocycles. The Morgan fingerprint density at radius 2 is 1.84 bits per heavy atom. The molecule has 106 valence electrons. The first-order valence-corrected chi connectivity index (χ1v) is 7.17. The summed E-state index contributed by atoms with van der Waals surface area (Å²) in [6.07, 6.45) is 0.807. The van der Waals surface area contributed by atoms with Crippen molar-refractivity contribution in [2.45, 2.75) is 40.2 Å². The summed E-state index contributed by atoms with van der Waals surface area (Å²) in [7, 11) is 1.68. The summed E-state index contributed by atoms with van der Waals surface area (Å²) in [5.41, 5.74) is 8.14. The largest absolute Gasteiger partial charge is 0.496 e. The molecular formula is C16H24ClNO. The summed E-state index contributed by atoms with van der Waals surface area (Å²) in [4.78, 5) is 0. The number of rotatable bonds is 4. The van der Waals surface area contributed by atoms with E-state index in [1.807, 2.05) is 18.2 Å². The average Bonchev–Trinajstić information content (AvgIpc) is 2.69. The first kappa shape index (κ1) is 14.7. The van der Waals surface area contributed by atoms with E-state index in [2.05, 4.69) is 27.7 Å². The van der Waals surface area contributed by atoms with Crippen LogP contribution in [0.4, 0.5) is 0 Å². The van der Waals surface area contributed by atoms with Crippen molar-refractivity contribution in [1.29, 1.82) is 0 Å². The summed E-state index contributed by atoms with van der Waals surface area (Å²) in [6, 6.07) is 5.86. The van der Waals surface area contributed by atoms with Gasteiger partial charge in [-0.25, -0.2) is 0 Å². The number of hydrogen-bond acceptors (Lipinski definition) is 2. The highest BCUT2D eigenvalue weighted by atomic mass is 35.5. The van der Waals surface area contributed by atoms with Gasteiger partial charge in [0.25, 0.3) is 0 Å². The minimum absolute atomic E-state index is 0.136. The molecule has 1 atom stereocenters. The van der Waals surface area contributed by atoms with E-state index in [1.54, 1.807) is 7.11 Å². The Bertz CT molecular complexity index is 468. The van der Waals surface area contributed by atoms with E-state index in [4.69, 9.17) is 22.1 Å². The van der Waals surface area contributed by atoms with Crippen LogP contribution >= 0.6 is 11.6 Å². The van der Waals surface area contributed by atoms with Gasteiger partial charge in [0, 0.05) is 11.1 Å². The number of benzene rings is 1. The Morgan fingerprint density at radius 1 is 1.26 bits per heavy atom. The van der Waals surface area contributed by atoms with Gasteiger partial charge >= 0.3 is 0 Å². The van der Waals surface area contributed by atoms with Gasteiger partial charge in [-0.05, 0) is 46.9 Å². The van der Waals surface area contributed by atoms with Crippen molar-refractivity contribution >= 4 is 11.6 Å². The normalized spacial score (nSPS) is 22.1. The zero-order valence-corrected chi connectivity index (χ0v) is 13.2. The standard InChI is InChI=1S/C16H24ClNO/c1-15(2)14(16(15,3)4)12(18)9-10-8-11(17)6-7-13(10)19-5/h6-8,12,14H,9,18H2,1-5H3. The lowest BCUT2D eigenvalue weighted by molar-refractivity contribution is 0.403. The molecule has 0 aliphatic heterocycles. The predicted octanol–water partition coefficient (Wildman–Crippen LogP) is 3.90. The third-order valence-corrected chi connectivity index (χ3v) is 5.49. The molecule has 0 aromatic heterocycles. The molecule has 1 aliphatic rings. The molecule has 19 heavy (non-hydrogen) atoms. The van der Waals surface area contributed by atoms with Crippen LogP contribution in [0.15, 0.2) is 18.2 Å². The summed E-state index contributed by atoms with van der Waals surface area (Å²) in [5.74, 6) is 1.40. The first-order chi connectivity index (χ1) is 8.71. The summed E-state index contributed by atoms with van der Waals surface area (Å²) >= 11 is 6.07. The topological polar surface area (TPSA) is 35.2 Å². The molecule has 1 fully saturated rings. The van der Waals surface area contributed by atoms with Crippen LogP contribution in [0.25, 0.3) is 0 Å². The maximum Gasteiger partial charge on any atom is 0.122 e. The monoisotopic (exact) mass is 281 g/mol. The van der Waals surface area contributed by atoms with Gasteiger partial charge in [-0.1, -0.05) is 39.3 Å². The van der Waals surface area contributed by atoms with Crippen molar-refractivity contribution in [2.24, 2.45) is 22.5 Å².